The first-order valence-corrected chi connectivity index (χ1v) is 9.06. The summed E-state index contributed by atoms with van der Waals surface area (Å²) < 4.78 is 15.9. The predicted octanol–water partition coefficient (Wildman–Crippen LogP) is 4.33. The summed E-state index contributed by atoms with van der Waals surface area (Å²) in [7, 11) is 1.56. The Hall–Kier alpha value is -2.99. The minimum atomic E-state index is -0.956. The smallest absolute Gasteiger partial charge is 0.331 e. The highest BCUT2D eigenvalue weighted by atomic mass is 35.5. The average Bonchev–Trinajstić information content (AvgIpc) is 2.68. The van der Waals surface area contributed by atoms with Crippen molar-refractivity contribution < 1.29 is 23.8 Å². The molecule has 2 aromatic rings. The molecule has 1 N–H and O–H groups in total. The molecule has 0 fully saturated rings. The Morgan fingerprint density at radius 3 is 2.50 bits per heavy atom. The molecular formula is C21H22ClNO5. The molecule has 0 bridgehead atoms. The molecule has 148 valence electrons. The van der Waals surface area contributed by atoms with Crippen molar-refractivity contribution in [3.63, 3.8) is 0 Å². The Morgan fingerprint density at radius 2 is 1.86 bits per heavy atom. The van der Waals surface area contributed by atoms with Crippen LogP contribution in [-0.2, 0) is 14.3 Å². The van der Waals surface area contributed by atoms with E-state index in [0.717, 1.165) is 5.56 Å². The van der Waals surface area contributed by atoms with E-state index in [4.69, 9.17) is 25.8 Å². The number of rotatable bonds is 8. The van der Waals surface area contributed by atoms with Crippen molar-refractivity contribution in [1.82, 2.24) is 0 Å². The summed E-state index contributed by atoms with van der Waals surface area (Å²) in [4.78, 5) is 24.1. The average molecular weight is 404 g/mol. The summed E-state index contributed by atoms with van der Waals surface area (Å²) in [6.07, 6.45) is 1.88. The SMILES string of the molecule is CCOc1cc(/C=C/C(=O)O[C@H](C)C(=O)Nc2ccc(Cl)cc2)ccc1OC. The second-order valence-corrected chi connectivity index (χ2v) is 6.19. The third-order valence-electron chi connectivity index (χ3n) is 3.67. The van der Waals surface area contributed by atoms with Crippen LogP contribution in [0.3, 0.4) is 0 Å². The van der Waals surface area contributed by atoms with E-state index in [1.54, 1.807) is 55.7 Å². The summed E-state index contributed by atoms with van der Waals surface area (Å²) in [5.41, 5.74) is 1.30. The topological polar surface area (TPSA) is 73.9 Å². The van der Waals surface area contributed by atoms with Gasteiger partial charge in [-0.05, 0) is 61.9 Å². The maximum absolute atomic E-state index is 12.1. The second kappa shape index (κ2) is 10.4. The minimum Gasteiger partial charge on any atom is -0.493 e. The van der Waals surface area contributed by atoms with Gasteiger partial charge in [0, 0.05) is 16.8 Å². The molecule has 6 nitrogen and oxygen atoms in total. The maximum Gasteiger partial charge on any atom is 0.331 e. The van der Waals surface area contributed by atoms with E-state index in [2.05, 4.69) is 5.32 Å². The summed E-state index contributed by atoms with van der Waals surface area (Å²) in [5, 5.41) is 3.22. The van der Waals surface area contributed by atoms with Gasteiger partial charge in [-0.1, -0.05) is 17.7 Å². The Bertz CT molecular complexity index is 848. The number of hydrogen-bond acceptors (Lipinski definition) is 5. The minimum absolute atomic E-state index is 0.438. The van der Waals surface area contributed by atoms with Gasteiger partial charge in [-0.2, -0.15) is 0 Å². The molecule has 0 spiro atoms. The van der Waals surface area contributed by atoms with Crippen LogP contribution in [0.25, 0.3) is 6.08 Å². The number of carbonyl (C=O) groups excluding carboxylic acids is 2. The van der Waals surface area contributed by atoms with Crippen LogP contribution in [-0.4, -0.2) is 31.7 Å². The molecule has 0 saturated heterocycles. The van der Waals surface area contributed by atoms with Crippen LogP contribution >= 0.6 is 11.6 Å². The number of methoxy groups -OCH3 is 1. The molecule has 1 atom stereocenters. The predicted molar refractivity (Wildman–Crippen MR) is 109 cm³/mol. The highest BCUT2D eigenvalue weighted by Crippen LogP contribution is 2.28. The molecule has 1 amide bonds. The fourth-order valence-corrected chi connectivity index (χ4v) is 2.40. The first-order valence-electron chi connectivity index (χ1n) is 8.69. The number of nitrogens with one attached hydrogen (secondary N) is 1. The standard InChI is InChI=1S/C21H22ClNO5/c1-4-27-19-13-15(5-11-18(19)26-3)6-12-20(24)28-14(2)21(25)23-17-9-7-16(22)8-10-17/h5-14H,4H2,1-3H3,(H,23,25)/b12-6+/t14-/m1/s1. The first-order chi connectivity index (χ1) is 13.4. The lowest BCUT2D eigenvalue weighted by atomic mass is 10.2. The third kappa shape index (κ3) is 6.32. The molecule has 0 aromatic heterocycles. The van der Waals surface area contributed by atoms with Crippen LogP contribution in [0.5, 0.6) is 11.5 Å². The number of hydrogen-bond donors (Lipinski definition) is 1. The lowest BCUT2D eigenvalue weighted by Gasteiger charge is -2.12. The van der Waals surface area contributed by atoms with Crippen molar-refractivity contribution in [3.8, 4) is 11.5 Å². The molecule has 0 aliphatic carbocycles. The summed E-state index contributed by atoms with van der Waals surface area (Å²) in [6, 6.07) is 11.9. The Kier molecular flexibility index (Phi) is 7.89. The lowest BCUT2D eigenvalue weighted by Crippen LogP contribution is -2.29. The normalized spacial score (nSPS) is 11.7. The number of benzene rings is 2. The van der Waals surface area contributed by atoms with Crippen molar-refractivity contribution in [3.05, 3.63) is 59.1 Å². The zero-order chi connectivity index (χ0) is 20.5. The fourth-order valence-electron chi connectivity index (χ4n) is 2.27. The molecule has 0 saturated carbocycles. The number of carbonyl (C=O) groups is 2. The Morgan fingerprint density at radius 1 is 1.14 bits per heavy atom. The van der Waals surface area contributed by atoms with Gasteiger partial charge in [0.25, 0.3) is 5.91 Å². The summed E-state index contributed by atoms with van der Waals surface area (Å²) >= 11 is 5.80. The Labute approximate surface area is 169 Å². The molecule has 0 aliphatic rings. The monoisotopic (exact) mass is 403 g/mol. The van der Waals surface area contributed by atoms with E-state index < -0.39 is 18.0 Å². The number of esters is 1. The van der Waals surface area contributed by atoms with Crippen LogP contribution in [0.15, 0.2) is 48.5 Å². The van der Waals surface area contributed by atoms with Crippen molar-refractivity contribution >= 4 is 35.2 Å². The van der Waals surface area contributed by atoms with E-state index in [1.165, 1.54) is 13.0 Å². The van der Waals surface area contributed by atoms with Crippen LogP contribution in [0.2, 0.25) is 5.02 Å². The van der Waals surface area contributed by atoms with Crippen molar-refractivity contribution in [2.24, 2.45) is 0 Å². The second-order valence-electron chi connectivity index (χ2n) is 5.75. The van der Waals surface area contributed by atoms with Crippen LogP contribution in [0.4, 0.5) is 5.69 Å². The fraction of sp³-hybridized carbons (Fsp3) is 0.238. The van der Waals surface area contributed by atoms with E-state index in [0.29, 0.717) is 28.8 Å². The molecule has 2 rings (SSSR count). The Balaban J connectivity index is 1.94. The largest absolute Gasteiger partial charge is 0.493 e. The van der Waals surface area contributed by atoms with E-state index in [9.17, 15) is 9.59 Å². The molecule has 28 heavy (non-hydrogen) atoms. The zero-order valence-corrected chi connectivity index (χ0v) is 16.7. The highest BCUT2D eigenvalue weighted by molar-refractivity contribution is 6.30. The summed E-state index contributed by atoms with van der Waals surface area (Å²) in [5.74, 6) is 0.116. The van der Waals surface area contributed by atoms with Crippen molar-refractivity contribution in [2.75, 3.05) is 19.0 Å². The van der Waals surface area contributed by atoms with Crippen LogP contribution < -0.4 is 14.8 Å². The number of amides is 1. The lowest BCUT2D eigenvalue weighted by molar-refractivity contribution is -0.148. The zero-order valence-electron chi connectivity index (χ0n) is 15.9. The van der Waals surface area contributed by atoms with Gasteiger partial charge < -0.3 is 19.5 Å². The van der Waals surface area contributed by atoms with Crippen LogP contribution in [0.1, 0.15) is 19.4 Å². The first kappa shape index (κ1) is 21.3. The molecule has 2 aromatic carbocycles. The maximum atomic E-state index is 12.1. The van der Waals surface area contributed by atoms with Gasteiger partial charge in [0.05, 0.1) is 13.7 Å². The van der Waals surface area contributed by atoms with Gasteiger partial charge in [0.2, 0.25) is 0 Å². The van der Waals surface area contributed by atoms with Gasteiger partial charge >= 0.3 is 5.97 Å². The number of halogens is 1. The van der Waals surface area contributed by atoms with E-state index in [-0.39, 0.29) is 0 Å². The molecule has 0 aliphatic heterocycles. The molecule has 0 heterocycles. The molecule has 0 radical (unpaired) electrons. The van der Waals surface area contributed by atoms with Gasteiger partial charge in [0.1, 0.15) is 0 Å². The van der Waals surface area contributed by atoms with Gasteiger partial charge in [0.15, 0.2) is 17.6 Å². The van der Waals surface area contributed by atoms with Gasteiger partial charge in [-0.15, -0.1) is 0 Å². The van der Waals surface area contributed by atoms with E-state index in [1.807, 2.05) is 6.92 Å². The summed E-state index contributed by atoms with van der Waals surface area (Å²) in [6.45, 7) is 3.86. The third-order valence-corrected chi connectivity index (χ3v) is 3.93. The highest BCUT2D eigenvalue weighted by Gasteiger charge is 2.16. The molecular weight excluding hydrogens is 382 g/mol. The van der Waals surface area contributed by atoms with Gasteiger partial charge in [-0.3, -0.25) is 4.79 Å². The number of anilines is 1. The van der Waals surface area contributed by atoms with Gasteiger partial charge in [-0.25, -0.2) is 4.79 Å². The van der Waals surface area contributed by atoms with E-state index >= 15 is 0 Å². The quantitative estimate of drug-likeness (QED) is 0.524. The van der Waals surface area contributed by atoms with Crippen LogP contribution in [0, 0.1) is 0 Å². The van der Waals surface area contributed by atoms with Crippen molar-refractivity contribution in [1.29, 1.82) is 0 Å². The van der Waals surface area contributed by atoms with Crippen molar-refractivity contribution in [2.45, 2.75) is 20.0 Å². The number of ether oxygens (including phenoxy) is 3. The molecule has 7 heteroatoms. The molecule has 0 unspecified atom stereocenters.